The lowest BCUT2D eigenvalue weighted by molar-refractivity contribution is 0.157. The summed E-state index contributed by atoms with van der Waals surface area (Å²) < 4.78 is 32.8. The first-order chi connectivity index (χ1) is 9.02. The first-order valence-electron chi connectivity index (χ1n) is 6.93. The van der Waals surface area contributed by atoms with Crippen molar-refractivity contribution < 1.29 is 13.2 Å². The van der Waals surface area contributed by atoms with Crippen LogP contribution in [0.5, 0.6) is 0 Å². The van der Waals surface area contributed by atoms with Crippen molar-refractivity contribution in [3.8, 4) is 0 Å². The highest BCUT2D eigenvalue weighted by Crippen LogP contribution is 2.21. The van der Waals surface area contributed by atoms with E-state index in [1.54, 1.807) is 18.5 Å². The number of rotatable bonds is 9. The first kappa shape index (κ1) is 16.8. The zero-order chi connectivity index (χ0) is 14.3. The maximum atomic E-state index is 12.3. The van der Waals surface area contributed by atoms with E-state index in [2.05, 4.69) is 5.32 Å². The topological polar surface area (TPSA) is 61.9 Å². The van der Waals surface area contributed by atoms with Crippen molar-refractivity contribution in [2.24, 2.45) is 5.92 Å². The summed E-state index contributed by atoms with van der Waals surface area (Å²) in [5.41, 5.74) is 0. The van der Waals surface area contributed by atoms with Crippen molar-refractivity contribution in [2.75, 3.05) is 53.5 Å². The van der Waals surface area contributed by atoms with Gasteiger partial charge in [-0.15, -0.1) is 0 Å². The van der Waals surface area contributed by atoms with Gasteiger partial charge in [0.1, 0.15) is 0 Å². The number of ether oxygens (including phenoxy) is 1. The molecular formula is C12H27N3O3S. The quantitative estimate of drug-likeness (QED) is 0.614. The summed E-state index contributed by atoms with van der Waals surface area (Å²) in [7, 11) is 0.0206. The number of hydrogen-bond donors (Lipinski definition) is 1. The monoisotopic (exact) mass is 293 g/mol. The molecule has 0 aromatic rings. The predicted molar refractivity (Wildman–Crippen MR) is 76.3 cm³/mol. The first-order valence-corrected chi connectivity index (χ1v) is 8.33. The molecule has 0 amide bonds. The number of methoxy groups -OCH3 is 1. The maximum Gasteiger partial charge on any atom is 0.281 e. The van der Waals surface area contributed by atoms with Crippen molar-refractivity contribution >= 4 is 10.2 Å². The summed E-state index contributed by atoms with van der Waals surface area (Å²) in [6, 6.07) is 0. The fourth-order valence-corrected chi connectivity index (χ4v) is 3.78. The zero-order valence-corrected chi connectivity index (χ0v) is 13.1. The third-order valence-electron chi connectivity index (χ3n) is 3.45. The van der Waals surface area contributed by atoms with Crippen LogP contribution in [0.3, 0.4) is 0 Å². The van der Waals surface area contributed by atoms with E-state index in [0.29, 0.717) is 32.2 Å². The van der Waals surface area contributed by atoms with E-state index in [1.165, 1.54) is 4.31 Å². The summed E-state index contributed by atoms with van der Waals surface area (Å²) in [6.07, 6.45) is 1.72. The summed E-state index contributed by atoms with van der Waals surface area (Å²) in [6.45, 7) is 6.18. The van der Waals surface area contributed by atoms with Crippen LogP contribution in [0.1, 0.15) is 19.8 Å². The molecule has 0 bridgehead atoms. The van der Waals surface area contributed by atoms with Gasteiger partial charge in [-0.3, -0.25) is 0 Å². The molecule has 114 valence electrons. The largest absolute Gasteiger partial charge is 0.384 e. The molecule has 0 radical (unpaired) electrons. The Morgan fingerprint density at radius 2 is 2.21 bits per heavy atom. The Labute approximate surface area is 117 Å². The van der Waals surface area contributed by atoms with Crippen molar-refractivity contribution in [3.05, 3.63) is 0 Å². The Morgan fingerprint density at radius 3 is 2.84 bits per heavy atom. The van der Waals surface area contributed by atoms with Gasteiger partial charge >= 0.3 is 0 Å². The predicted octanol–water partition coefficient (Wildman–Crippen LogP) is 0.131. The van der Waals surface area contributed by atoms with Crippen LogP contribution >= 0.6 is 0 Å². The average molecular weight is 293 g/mol. The molecule has 1 atom stereocenters. The third-order valence-corrected chi connectivity index (χ3v) is 5.40. The van der Waals surface area contributed by atoms with E-state index < -0.39 is 10.2 Å². The van der Waals surface area contributed by atoms with Gasteiger partial charge < -0.3 is 10.1 Å². The van der Waals surface area contributed by atoms with Crippen LogP contribution < -0.4 is 5.32 Å². The van der Waals surface area contributed by atoms with Crippen LogP contribution in [0.25, 0.3) is 0 Å². The Balaban J connectivity index is 2.42. The van der Waals surface area contributed by atoms with Crippen LogP contribution in [0.2, 0.25) is 0 Å². The van der Waals surface area contributed by atoms with Gasteiger partial charge in [-0.2, -0.15) is 17.0 Å². The van der Waals surface area contributed by atoms with Crippen molar-refractivity contribution in [2.45, 2.75) is 19.8 Å². The lowest BCUT2D eigenvalue weighted by Crippen LogP contribution is -2.41. The fourth-order valence-electron chi connectivity index (χ4n) is 2.29. The molecule has 1 unspecified atom stereocenters. The second kappa shape index (κ2) is 8.16. The minimum absolute atomic E-state index is 0.329. The van der Waals surface area contributed by atoms with E-state index >= 15 is 0 Å². The van der Waals surface area contributed by atoms with Gasteiger partial charge in [-0.1, -0.05) is 6.92 Å². The molecule has 7 heteroatoms. The minimum atomic E-state index is -3.29. The zero-order valence-electron chi connectivity index (χ0n) is 12.3. The van der Waals surface area contributed by atoms with Crippen LogP contribution in [0, 0.1) is 5.92 Å². The van der Waals surface area contributed by atoms with Crippen LogP contribution in [-0.4, -0.2) is 70.5 Å². The van der Waals surface area contributed by atoms with Gasteiger partial charge in [0.05, 0.1) is 6.61 Å². The molecule has 1 heterocycles. The van der Waals surface area contributed by atoms with Gasteiger partial charge in [0.25, 0.3) is 10.2 Å². The standard InChI is InChI=1S/C12H27N3O3S/c1-4-13-7-5-8-14(2)19(16,17)15-9-6-12(10-15)11-18-3/h12-13H,4-11H2,1-3H3. The molecule has 0 aromatic heterocycles. The van der Waals surface area contributed by atoms with Crippen molar-refractivity contribution in [1.82, 2.24) is 13.9 Å². The fraction of sp³-hybridized carbons (Fsp3) is 1.00. The van der Waals surface area contributed by atoms with Gasteiger partial charge in [-0.05, 0) is 31.8 Å². The molecule has 1 N–H and O–H groups in total. The lowest BCUT2D eigenvalue weighted by atomic mass is 10.1. The lowest BCUT2D eigenvalue weighted by Gasteiger charge is -2.24. The summed E-state index contributed by atoms with van der Waals surface area (Å²) in [5.74, 6) is 0.329. The molecule has 1 rings (SSSR count). The SMILES string of the molecule is CCNCCCN(C)S(=O)(=O)N1CCC(COC)C1. The highest BCUT2D eigenvalue weighted by atomic mass is 32.2. The molecular weight excluding hydrogens is 266 g/mol. The average Bonchev–Trinajstić information content (AvgIpc) is 2.84. The Morgan fingerprint density at radius 1 is 1.47 bits per heavy atom. The molecule has 6 nitrogen and oxygen atoms in total. The molecule has 0 aromatic carbocycles. The van der Waals surface area contributed by atoms with E-state index in [0.717, 1.165) is 25.9 Å². The summed E-state index contributed by atoms with van der Waals surface area (Å²) >= 11 is 0. The molecule has 1 fully saturated rings. The Bertz CT molecular complexity index is 348. The Hall–Kier alpha value is -0.210. The highest BCUT2D eigenvalue weighted by Gasteiger charge is 2.33. The Kier molecular flexibility index (Phi) is 7.23. The summed E-state index contributed by atoms with van der Waals surface area (Å²) in [5, 5.41) is 3.20. The van der Waals surface area contributed by atoms with Gasteiger partial charge in [0.15, 0.2) is 0 Å². The highest BCUT2D eigenvalue weighted by molar-refractivity contribution is 7.86. The van der Waals surface area contributed by atoms with Crippen LogP contribution in [-0.2, 0) is 14.9 Å². The second-order valence-corrected chi connectivity index (χ2v) is 7.04. The van der Waals surface area contributed by atoms with E-state index in [4.69, 9.17) is 4.74 Å². The molecule has 0 aliphatic carbocycles. The second-order valence-electron chi connectivity index (χ2n) is 5.00. The molecule has 1 saturated heterocycles. The van der Waals surface area contributed by atoms with Crippen LogP contribution in [0.15, 0.2) is 0 Å². The smallest absolute Gasteiger partial charge is 0.281 e. The molecule has 19 heavy (non-hydrogen) atoms. The van der Waals surface area contributed by atoms with Gasteiger partial charge in [0.2, 0.25) is 0 Å². The third kappa shape index (κ3) is 5.00. The van der Waals surface area contributed by atoms with E-state index in [9.17, 15) is 8.42 Å². The van der Waals surface area contributed by atoms with Gasteiger partial charge in [-0.25, -0.2) is 0 Å². The van der Waals surface area contributed by atoms with Gasteiger partial charge in [0, 0.05) is 33.8 Å². The molecule has 1 aliphatic rings. The number of nitrogens with one attached hydrogen (secondary N) is 1. The summed E-state index contributed by atoms with van der Waals surface area (Å²) in [4.78, 5) is 0. The number of nitrogens with zero attached hydrogens (tertiary/aromatic N) is 2. The minimum Gasteiger partial charge on any atom is -0.384 e. The maximum absolute atomic E-state index is 12.3. The van der Waals surface area contributed by atoms with Crippen molar-refractivity contribution in [1.29, 1.82) is 0 Å². The molecule has 0 saturated carbocycles. The van der Waals surface area contributed by atoms with E-state index in [1.807, 2.05) is 6.92 Å². The van der Waals surface area contributed by atoms with Crippen molar-refractivity contribution in [3.63, 3.8) is 0 Å². The van der Waals surface area contributed by atoms with E-state index in [-0.39, 0.29) is 0 Å². The molecule has 0 spiro atoms. The van der Waals surface area contributed by atoms with Crippen LogP contribution in [0.4, 0.5) is 0 Å². The molecule has 1 aliphatic heterocycles. The normalized spacial score (nSPS) is 21.4. The number of hydrogen-bond acceptors (Lipinski definition) is 4.